The van der Waals surface area contributed by atoms with Gasteiger partial charge < -0.3 is 10.4 Å². The van der Waals surface area contributed by atoms with Crippen LogP contribution in [0.25, 0.3) is 0 Å². The molecule has 3 nitrogen and oxygen atoms in total. The maximum atomic E-state index is 13.2. The Kier molecular flexibility index (Phi) is 4.76. The lowest BCUT2D eigenvalue weighted by Crippen LogP contribution is -2.42. The van der Waals surface area contributed by atoms with Gasteiger partial charge in [-0.3, -0.25) is 4.98 Å². The third-order valence-electron chi connectivity index (χ3n) is 3.96. The highest BCUT2D eigenvalue weighted by atomic mass is 32.2. The number of thioether (sulfide) groups is 1. The summed E-state index contributed by atoms with van der Waals surface area (Å²) in [5, 5.41) is 14.0. The topological polar surface area (TPSA) is 45.1 Å². The van der Waals surface area contributed by atoms with E-state index in [1.807, 2.05) is 12.1 Å². The van der Waals surface area contributed by atoms with E-state index < -0.39 is 5.60 Å². The van der Waals surface area contributed by atoms with E-state index in [0.717, 1.165) is 29.1 Å². The normalized spacial score (nSPS) is 22.6. The van der Waals surface area contributed by atoms with Gasteiger partial charge in [0.1, 0.15) is 5.82 Å². The van der Waals surface area contributed by atoms with Crippen molar-refractivity contribution in [2.75, 3.05) is 18.1 Å². The van der Waals surface area contributed by atoms with E-state index in [1.165, 1.54) is 12.1 Å². The molecule has 3 rings (SSSR count). The Bertz CT molecular complexity index is 600. The number of benzene rings is 1. The van der Waals surface area contributed by atoms with Gasteiger partial charge in [-0.15, -0.1) is 0 Å². The Labute approximate surface area is 134 Å². The summed E-state index contributed by atoms with van der Waals surface area (Å²) in [5.74, 6) is 1.50. The highest BCUT2D eigenvalue weighted by Crippen LogP contribution is 2.29. The molecule has 1 aliphatic rings. The first-order valence-electron chi connectivity index (χ1n) is 7.35. The number of rotatable bonds is 5. The monoisotopic (exact) mass is 318 g/mol. The molecule has 1 fully saturated rings. The second-order valence-corrected chi connectivity index (χ2v) is 6.78. The first kappa shape index (κ1) is 15.5. The van der Waals surface area contributed by atoms with E-state index in [2.05, 4.69) is 10.3 Å². The standard InChI is InChI=1S/C17H19FN2OS/c18-15-3-1-13(2-4-15)16(14-5-8-19-9-6-14)20-11-17(21)7-10-22-12-17/h1-6,8-9,16,20-21H,7,10-12H2. The molecule has 2 unspecified atom stereocenters. The summed E-state index contributed by atoms with van der Waals surface area (Å²) in [7, 11) is 0. The maximum Gasteiger partial charge on any atom is 0.123 e. The average Bonchev–Trinajstić information content (AvgIpc) is 2.97. The first-order valence-corrected chi connectivity index (χ1v) is 8.51. The quantitative estimate of drug-likeness (QED) is 0.890. The van der Waals surface area contributed by atoms with Gasteiger partial charge in [0.15, 0.2) is 0 Å². The predicted molar refractivity (Wildman–Crippen MR) is 87.4 cm³/mol. The van der Waals surface area contributed by atoms with Crippen LogP contribution in [0.5, 0.6) is 0 Å². The molecule has 0 radical (unpaired) electrons. The highest BCUT2D eigenvalue weighted by molar-refractivity contribution is 7.99. The fraction of sp³-hybridized carbons (Fsp3) is 0.353. The molecule has 0 spiro atoms. The Morgan fingerprint density at radius 3 is 2.50 bits per heavy atom. The third kappa shape index (κ3) is 3.66. The van der Waals surface area contributed by atoms with Crippen LogP contribution in [0.4, 0.5) is 4.39 Å². The smallest absolute Gasteiger partial charge is 0.123 e. The molecule has 5 heteroatoms. The van der Waals surface area contributed by atoms with E-state index in [1.54, 1.807) is 36.3 Å². The van der Waals surface area contributed by atoms with Crippen LogP contribution in [0.2, 0.25) is 0 Å². The summed E-state index contributed by atoms with van der Waals surface area (Å²) < 4.78 is 13.2. The summed E-state index contributed by atoms with van der Waals surface area (Å²) in [4.78, 5) is 4.05. The Balaban J connectivity index is 1.81. The van der Waals surface area contributed by atoms with Crippen molar-refractivity contribution in [2.24, 2.45) is 0 Å². The number of pyridine rings is 1. The number of aromatic nitrogens is 1. The second-order valence-electron chi connectivity index (χ2n) is 5.67. The van der Waals surface area contributed by atoms with E-state index in [-0.39, 0.29) is 11.9 Å². The van der Waals surface area contributed by atoms with Gasteiger partial charge in [-0.05, 0) is 47.6 Å². The summed E-state index contributed by atoms with van der Waals surface area (Å²) in [6, 6.07) is 10.3. The van der Waals surface area contributed by atoms with E-state index >= 15 is 0 Å². The molecular weight excluding hydrogens is 299 g/mol. The van der Waals surface area contributed by atoms with Gasteiger partial charge in [0.05, 0.1) is 11.6 Å². The molecule has 0 bridgehead atoms. The second kappa shape index (κ2) is 6.77. The minimum atomic E-state index is -0.657. The van der Waals surface area contributed by atoms with Crippen LogP contribution < -0.4 is 5.32 Å². The van der Waals surface area contributed by atoms with Crippen LogP contribution in [-0.4, -0.2) is 33.7 Å². The minimum absolute atomic E-state index is 0.0850. The molecule has 1 aliphatic heterocycles. The Hall–Kier alpha value is -1.43. The van der Waals surface area contributed by atoms with Gasteiger partial charge in [0.25, 0.3) is 0 Å². The van der Waals surface area contributed by atoms with Crippen molar-refractivity contribution >= 4 is 11.8 Å². The fourth-order valence-electron chi connectivity index (χ4n) is 2.67. The minimum Gasteiger partial charge on any atom is -0.388 e. The molecule has 1 aromatic heterocycles. The number of nitrogens with zero attached hydrogens (tertiary/aromatic N) is 1. The van der Waals surface area contributed by atoms with Crippen molar-refractivity contribution in [1.82, 2.24) is 10.3 Å². The molecule has 2 atom stereocenters. The number of hydrogen-bond donors (Lipinski definition) is 2. The lowest BCUT2D eigenvalue weighted by Gasteiger charge is -2.27. The zero-order valence-corrected chi connectivity index (χ0v) is 13.0. The molecule has 1 aromatic carbocycles. The van der Waals surface area contributed by atoms with Crippen molar-refractivity contribution < 1.29 is 9.50 Å². The van der Waals surface area contributed by atoms with Gasteiger partial charge >= 0.3 is 0 Å². The number of hydrogen-bond acceptors (Lipinski definition) is 4. The molecule has 2 aromatic rings. The van der Waals surface area contributed by atoms with Gasteiger partial charge in [-0.2, -0.15) is 11.8 Å². The number of aliphatic hydroxyl groups is 1. The zero-order valence-electron chi connectivity index (χ0n) is 12.2. The molecular formula is C17H19FN2OS. The van der Waals surface area contributed by atoms with Crippen molar-refractivity contribution in [1.29, 1.82) is 0 Å². The largest absolute Gasteiger partial charge is 0.388 e. The molecule has 1 saturated heterocycles. The van der Waals surface area contributed by atoms with E-state index in [4.69, 9.17) is 0 Å². The zero-order chi connectivity index (χ0) is 15.4. The van der Waals surface area contributed by atoms with Crippen molar-refractivity contribution in [3.8, 4) is 0 Å². The summed E-state index contributed by atoms with van der Waals surface area (Å²) in [6.07, 6.45) is 4.29. The Morgan fingerprint density at radius 1 is 1.18 bits per heavy atom. The Morgan fingerprint density at radius 2 is 1.86 bits per heavy atom. The lowest BCUT2D eigenvalue weighted by atomic mass is 9.97. The maximum absolute atomic E-state index is 13.2. The molecule has 2 N–H and O–H groups in total. The number of nitrogens with one attached hydrogen (secondary N) is 1. The SMILES string of the molecule is OC1(CNC(c2ccncc2)c2ccc(F)cc2)CCSC1. The van der Waals surface area contributed by atoms with Crippen molar-refractivity contribution in [3.05, 3.63) is 65.7 Å². The van der Waals surface area contributed by atoms with Crippen LogP contribution in [-0.2, 0) is 0 Å². The highest BCUT2D eigenvalue weighted by Gasteiger charge is 2.32. The van der Waals surface area contributed by atoms with Crippen molar-refractivity contribution in [2.45, 2.75) is 18.1 Å². The van der Waals surface area contributed by atoms with Gasteiger partial charge in [0.2, 0.25) is 0 Å². The van der Waals surface area contributed by atoms with E-state index in [9.17, 15) is 9.50 Å². The van der Waals surface area contributed by atoms with Crippen LogP contribution in [0.15, 0.2) is 48.8 Å². The molecule has 116 valence electrons. The summed E-state index contributed by atoms with van der Waals surface area (Å²) >= 11 is 1.78. The fourth-order valence-corrected chi connectivity index (χ4v) is 3.96. The van der Waals surface area contributed by atoms with Crippen LogP contribution in [0.3, 0.4) is 0 Å². The first-order chi connectivity index (χ1) is 10.7. The molecule has 2 heterocycles. The number of halogens is 1. The summed E-state index contributed by atoms with van der Waals surface area (Å²) in [6.45, 7) is 0.518. The van der Waals surface area contributed by atoms with Crippen molar-refractivity contribution in [3.63, 3.8) is 0 Å². The van der Waals surface area contributed by atoms with E-state index in [0.29, 0.717) is 6.54 Å². The lowest BCUT2D eigenvalue weighted by molar-refractivity contribution is 0.0658. The third-order valence-corrected chi connectivity index (χ3v) is 5.19. The van der Waals surface area contributed by atoms with Crippen LogP contribution in [0.1, 0.15) is 23.6 Å². The van der Waals surface area contributed by atoms with Crippen LogP contribution >= 0.6 is 11.8 Å². The predicted octanol–water partition coefficient (Wildman–Crippen LogP) is 2.77. The molecule has 0 aliphatic carbocycles. The molecule has 0 amide bonds. The summed E-state index contributed by atoms with van der Waals surface area (Å²) in [5.41, 5.74) is 1.37. The molecule has 0 saturated carbocycles. The van der Waals surface area contributed by atoms with Crippen LogP contribution in [0, 0.1) is 5.82 Å². The average molecular weight is 318 g/mol. The van der Waals surface area contributed by atoms with Gasteiger partial charge in [0, 0.05) is 24.7 Å². The van der Waals surface area contributed by atoms with Gasteiger partial charge in [-0.1, -0.05) is 12.1 Å². The van der Waals surface area contributed by atoms with Gasteiger partial charge in [-0.25, -0.2) is 4.39 Å². The molecule has 22 heavy (non-hydrogen) atoms.